The molecule has 2 aromatic heterocycles. The minimum Gasteiger partial charge on any atom is -0.504 e. The van der Waals surface area contributed by atoms with Crippen molar-refractivity contribution < 1.29 is 10.2 Å². The summed E-state index contributed by atoms with van der Waals surface area (Å²) in [5, 5.41) is 19.6. The molecule has 1 aliphatic rings. The van der Waals surface area contributed by atoms with E-state index in [-0.39, 0.29) is 11.5 Å². The zero-order valence-corrected chi connectivity index (χ0v) is 13.5. The number of para-hydroxylation sites is 1. The van der Waals surface area contributed by atoms with Crippen molar-refractivity contribution >= 4 is 0 Å². The molecule has 1 aromatic carbocycles. The molecule has 0 saturated carbocycles. The van der Waals surface area contributed by atoms with E-state index >= 15 is 0 Å². The zero-order chi connectivity index (χ0) is 17.2. The standard InChI is InChI=1S/C18H17N5O2/c24-16-3-1-2-12(17(16)25)9-23-5-4-15-14(10-23)8-21-18(22-15)13-6-19-11-20-7-13/h1-3,6-8,11,24-25H,4-5,9-10H2. The van der Waals surface area contributed by atoms with E-state index in [9.17, 15) is 10.2 Å². The normalized spacial score (nSPS) is 14.2. The van der Waals surface area contributed by atoms with Crippen molar-refractivity contribution in [3.05, 3.63) is 59.9 Å². The minimum absolute atomic E-state index is 0.0519. The van der Waals surface area contributed by atoms with Crippen LogP contribution >= 0.6 is 0 Å². The summed E-state index contributed by atoms with van der Waals surface area (Å²) in [7, 11) is 0. The summed E-state index contributed by atoms with van der Waals surface area (Å²) in [6.45, 7) is 2.09. The van der Waals surface area contributed by atoms with Crippen LogP contribution in [0.15, 0.2) is 43.1 Å². The third kappa shape index (κ3) is 3.14. The Morgan fingerprint density at radius 1 is 1.08 bits per heavy atom. The van der Waals surface area contributed by atoms with E-state index < -0.39 is 0 Å². The molecule has 0 saturated heterocycles. The van der Waals surface area contributed by atoms with Crippen molar-refractivity contribution in [2.24, 2.45) is 0 Å². The van der Waals surface area contributed by atoms with Gasteiger partial charge in [-0.3, -0.25) is 4.90 Å². The summed E-state index contributed by atoms with van der Waals surface area (Å²) in [5.41, 5.74) is 3.62. The lowest BCUT2D eigenvalue weighted by Gasteiger charge is -2.28. The van der Waals surface area contributed by atoms with Gasteiger partial charge in [0.1, 0.15) is 6.33 Å². The first-order chi connectivity index (χ1) is 12.2. The summed E-state index contributed by atoms with van der Waals surface area (Å²) >= 11 is 0. The molecule has 25 heavy (non-hydrogen) atoms. The maximum atomic E-state index is 9.97. The van der Waals surface area contributed by atoms with Gasteiger partial charge in [0.15, 0.2) is 17.3 Å². The molecule has 126 valence electrons. The van der Waals surface area contributed by atoms with Crippen LogP contribution in [-0.4, -0.2) is 41.6 Å². The monoisotopic (exact) mass is 335 g/mol. The van der Waals surface area contributed by atoms with Crippen molar-refractivity contribution in [2.45, 2.75) is 19.5 Å². The Bertz CT molecular complexity index is 901. The summed E-state index contributed by atoms with van der Waals surface area (Å²) < 4.78 is 0. The highest BCUT2D eigenvalue weighted by molar-refractivity contribution is 5.52. The van der Waals surface area contributed by atoms with Gasteiger partial charge in [-0.05, 0) is 6.07 Å². The van der Waals surface area contributed by atoms with E-state index in [2.05, 4.69) is 24.8 Å². The van der Waals surface area contributed by atoms with Crippen molar-refractivity contribution in [1.29, 1.82) is 0 Å². The van der Waals surface area contributed by atoms with Crippen molar-refractivity contribution in [3.63, 3.8) is 0 Å². The fraction of sp³-hybridized carbons (Fsp3) is 0.222. The molecular formula is C18H17N5O2. The Kier molecular flexibility index (Phi) is 3.99. The maximum Gasteiger partial charge on any atom is 0.162 e. The number of hydrogen-bond donors (Lipinski definition) is 2. The highest BCUT2D eigenvalue weighted by Crippen LogP contribution is 2.30. The van der Waals surface area contributed by atoms with Crippen LogP contribution in [0.25, 0.3) is 11.4 Å². The number of phenols is 2. The van der Waals surface area contributed by atoms with Crippen molar-refractivity contribution in [2.75, 3.05) is 6.54 Å². The van der Waals surface area contributed by atoms with E-state index in [1.807, 2.05) is 12.3 Å². The molecule has 0 atom stereocenters. The molecule has 0 amide bonds. The number of benzene rings is 1. The topological polar surface area (TPSA) is 95.3 Å². The second-order valence-corrected chi connectivity index (χ2v) is 6.04. The highest BCUT2D eigenvalue weighted by Gasteiger charge is 2.20. The van der Waals surface area contributed by atoms with Crippen LogP contribution in [0.1, 0.15) is 16.8 Å². The van der Waals surface area contributed by atoms with Crippen LogP contribution in [0, 0.1) is 0 Å². The molecule has 3 aromatic rings. The lowest BCUT2D eigenvalue weighted by Crippen LogP contribution is -2.31. The lowest BCUT2D eigenvalue weighted by molar-refractivity contribution is 0.239. The van der Waals surface area contributed by atoms with Gasteiger partial charge in [-0.25, -0.2) is 19.9 Å². The van der Waals surface area contributed by atoms with Crippen LogP contribution in [0.4, 0.5) is 0 Å². The molecule has 3 heterocycles. The smallest absolute Gasteiger partial charge is 0.162 e. The number of phenolic OH excluding ortho intramolecular Hbond substituents is 2. The van der Waals surface area contributed by atoms with Gasteiger partial charge in [-0.1, -0.05) is 12.1 Å². The van der Waals surface area contributed by atoms with Crippen molar-refractivity contribution in [1.82, 2.24) is 24.8 Å². The fourth-order valence-corrected chi connectivity index (χ4v) is 3.01. The van der Waals surface area contributed by atoms with Gasteiger partial charge in [-0.2, -0.15) is 0 Å². The van der Waals surface area contributed by atoms with Gasteiger partial charge in [0.05, 0.1) is 11.3 Å². The number of aromatic hydroxyl groups is 2. The second-order valence-electron chi connectivity index (χ2n) is 6.04. The SMILES string of the molecule is Oc1cccc(CN2CCc3nc(-c4cncnc4)ncc3C2)c1O. The van der Waals surface area contributed by atoms with Crippen LogP contribution in [0.5, 0.6) is 11.5 Å². The third-order valence-corrected chi connectivity index (χ3v) is 4.32. The molecule has 0 unspecified atom stereocenters. The Balaban J connectivity index is 1.53. The van der Waals surface area contributed by atoms with Gasteiger partial charge in [0, 0.05) is 55.8 Å². The average molecular weight is 335 g/mol. The molecule has 2 N–H and O–H groups in total. The summed E-state index contributed by atoms with van der Waals surface area (Å²) in [5.74, 6) is 0.496. The number of rotatable bonds is 3. The van der Waals surface area contributed by atoms with Crippen LogP contribution in [0.2, 0.25) is 0 Å². The predicted molar refractivity (Wildman–Crippen MR) is 90.6 cm³/mol. The minimum atomic E-state index is -0.0898. The summed E-state index contributed by atoms with van der Waals surface area (Å²) in [6, 6.07) is 5.03. The van der Waals surface area contributed by atoms with Gasteiger partial charge >= 0.3 is 0 Å². The molecule has 7 nitrogen and oxygen atoms in total. The molecule has 4 rings (SSSR count). The summed E-state index contributed by atoms with van der Waals surface area (Å²) in [4.78, 5) is 19.3. The first-order valence-corrected chi connectivity index (χ1v) is 8.03. The number of nitrogens with zero attached hydrogens (tertiary/aromatic N) is 5. The van der Waals surface area contributed by atoms with E-state index in [4.69, 9.17) is 0 Å². The van der Waals surface area contributed by atoms with E-state index in [1.165, 1.54) is 12.4 Å². The molecule has 0 bridgehead atoms. The summed E-state index contributed by atoms with van der Waals surface area (Å²) in [6.07, 6.45) is 7.54. The van der Waals surface area contributed by atoms with Gasteiger partial charge in [0.2, 0.25) is 0 Å². The molecule has 0 fully saturated rings. The van der Waals surface area contributed by atoms with Crippen molar-refractivity contribution in [3.8, 4) is 22.9 Å². The Hall–Kier alpha value is -3.06. The first-order valence-electron chi connectivity index (χ1n) is 8.03. The first kappa shape index (κ1) is 15.5. The quantitative estimate of drug-likeness (QED) is 0.706. The van der Waals surface area contributed by atoms with Gasteiger partial charge in [0.25, 0.3) is 0 Å². The second kappa shape index (κ2) is 6.45. The Labute approximate surface area is 144 Å². The Morgan fingerprint density at radius 2 is 1.92 bits per heavy atom. The molecule has 0 radical (unpaired) electrons. The number of hydrogen-bond acceptors (Lipinski definition) is 7. The average Bonchev–Trinajstić information content (AvgIpc) is 2.66. The molecule has 1 aliphatic heterocycles. The van der Waals surface area contributed by atoms with E-state index in [1.54, 1.807) is 18.5 Å². The van der Waals surface area contributed by atoms with E-state index in [0.717, 1.165) is 29.8 Å². The van der Waals surface area contributed by atoms with Gasteiger partial charge < -0.3 is 10.2 Å². The molecule has 7 heteroatoms. The Morgan fingerprint density at radius 3 is 2.76 bits per heavy atom. The van der Waals surface area contributed by atoms with E-state index in [0.29, 0.717) is 24.5 Å². The maximum absolute atomic E-state index is 9.97. The number of fused-ring (bicyclic) bond motifs is 1. The largest absolute Gasteiger partial charge is 0.504 e. The highest BCUT2D eigenvalue weighted by atomic mass is 16.3. The zero-order valence-electron chi connectivity index (χ0n) is 13.5. The van der Waals surface area contributed by atoms with Crippen LogP contribution in [0.3, 0.4) is 0 Å². The predicted octanol–water partition coefficient (Wildman–Crippen LogP) is 1.90. The van der Waals surface area contributed by atoms with Crippen LogP contribution in [-0.2, 0) is 19.5 Å². The molecule has 0 aliphatic carbocycles. The molecular weight excluding hydrogens is 318 g/mol. The fourth-order valence-electron chi connectivity index (χ4n) is 3.01. The lowest BCUT2D eigenvalue weighted by atomic mass is 10.1. The number of aromatic nitrogens is 4. The van der Waals surface area contributed by atoms with Crippen LogP contribution < -0.4 is 0 Å². The third-order valence-electron chi connectivity index (χ3n) is 4.32. The molecule has 0 spiro atoms. The van der Waals surface area contributed by atoms with Gasteiger partial charge in [-0.15, -0.1) is 0 Å².